The molecule has 0 bridgehead atoms. The summed E-state index contributed by atoms with van der Waals surface area (Å²) in [6.45, 7) is 0. The number of anilines is 1. The van der Waals surface area contributed by atoms with E-state index in [0.29, 0.717) is 39.7 Å². The van der Waals surface area contributed by atoms with Crippen molar-refractivity contribution in [2.24, 2.45) is 0 Å². The number of hydrogen-bond donors (Lipinski definition) is 1. The molecule has 6 rings (SSSR count). The van der Waals surface area contributed by atoms with Crippen LogP contribution in [0.15, 0.2) is 89.6 Å². The largest absolute Gasteiger partial charge is 0.335 e. The molecular weight excluding hydrogens is 412 g/mol. The molecule has 1 saturated carbocycles. The highest BCUT2D eigenvalue weighted by Crippen LogP contribution is 2.41. The molecule has 5 aromatic rings. The summed E-state index contributed by atoms with van der Waals surface area (Å²) in [5.74, 6) is 0.124. The first kappa shape index (κ1) is 19.4. The van der Waals surface area contributed by atoms with E-state index in [1.165, 1.54) is 0 Å². The SMILES string of the molecule is O=C(Nc1cccnc1-c1ccccc1)c1cc(C2CC2)nc2onc(-c3ccccc3)c12. The molecule has 0 atom stereocenters. The molecular formula is C27H20N4O2. The maximum absolute atomic E-state index is 13.7. The first-order valence-electron chi connectivity index (χ1n) is 11.0. The van der Waals surface area contributed by atoms with E-state index in [1.54, 1.807) is 6.20 Å². The van der Waals surface area contributed by atoms with Gasteiger partial charge in [0.05, 0.1) is 22.3 Å². The molecule has 3 aromatic heterocycles. The zero-order valence-corrected chi connectivity index (χ0v) is 17.7. The van der Waals surface area contributed by atoms with Gasteiger partial charge in [-0.25, -0.2) is 4.98 Å². The predicted octanol–water partition coefficient (Wildman–Crippen LogP) is 6.08. The minimum atomic E-state index is -0.241. The molecule has 6 nitrogen and oxygen atoms in total. The Kier molecular flexibility index (Phi) is 4.69. The van der Waals surface area contributed by atoms with Gasteiger partial charge in [-0.3, -0.25) is 9.78 Å². The Morgan fingerprint density at radius 2 is 1.58 bits per heavy atom. The van der Waals surface area contributed by atoms with Crippen LogP contribution in [-0.4, -0.2) is 21.0 Å². The third kappa shape index (κ3) is 3.65. The topological polar surface area (TPSA) is 80.9 Å². The van der Waals surface area contributed by atoms with Gasteiger partial charge in [0, 0.05) is 28.9 Å². The molecule has 160 valence electrons. The summed E-state index contributed by atoms with van der Waals surface area (Å²) in [6, 6.07) is 25.1. The lowest BCUT2D eigenvalue weighted by Gasteiger charge is -2.12. The fourth-order valence-corrected chi connectivity index (χ4v) is 4.05. The molecule has 3 heterocycles. The first-order chi connectivity index (χ1) is 16.3. The predicted molar refractivity (Wildman–Crippen MR) is 127 cm³/mol. The van der Waals surface area contributed by atoms with Crippen LogP contribution in [0.2, 0.25) is 0 Å². The number of rotatable bonds is 5. The second kappa shape index (κ2) is 7.98. The number of hydrogen-bond acceptors (Lipinski definition) is 5. The van der Waals surface area contributed by atoms with E-state index in [2.05, 4.69) is 20.4 Å². The van der Waals surface area contributed by atoms with E-state index in [4.69, 9.17) is 4.52 Å². The van der Waals surface area contributed by atoms with Crippen molar-refractivity contribution in [1.82, 2.24) is 15.1 Å². The van der Waals surface area contributed by atoms with Crippen LogP contribution in [0.1, 0.15) is 34.8 Å². The lowest BCUT2D eigenvalue weighted by molar-refractivity contribution is 0.102. The Morgan fingerprint density at radius 3 is 2.27 bits per heavy atom. The number of carbonyl (C=O) groups is 1. The van der Waals surface area contributed by atoms with Crippen LogP contribution in [0, 0.1) is 0 Å². The smallest absolute Gasteiger partial charge is 0.259 e. The van der Waals surface area contributed by atoms with Crippen molar-refractivity contribution >= 4 is 22.7 Å². The number of carbonyl (C=O) groups excluding carboxylic acids is 1. The summed E-state index contributed by atoms with van der Waals surface area (Å²) in [6.07, 6.45) is 3.86. The van der Waals surface area contributed by atoms with Crippen LogP contribution in [0.3, 0.4) is 0 Å². The maximum atomic E-state index is 13.7. The number of fused-ring (bicyclic) bond motifs is 1. The number of nitrogens with zero attached hydrogens (tertiary/aromatic N) is 3. The summed E-state index contributed by atoms with van der Waals surface area (Å²) in [7, 11) is 0. The van der Waals surface area contributed by atoms with Gasteiger partial charge in [-0.2, -0.15) is 0 Å². The van der Waals surface area contributed by atoms with E-state index in [9.17, 15) is 4.79 Å². The molecule has 1 N–H and O–H groups in total. The minimum Gasteiger partial charge on any atom is -0.335 e. The van der Waals surface area contributed by atoms with Gasteiger partial charge in [-0.05, 0) is 31.0 Å². The molecule has 33 heavy (non-hydrogen) atoms. The van der Waals surface area contributed by atoms with Crippen molar-refractivity contribution in [2.75, 3.05) is 5.32 Å². The van der Waals surface area contributed by atoms with Crippen LogP contribution < -0.4 is 5.32 Å². The zero-order valence-electron chi connectivity index (χ0n) is 17.7. The lowest BCUT2D eigenvalue weighted by atomic mass is 10.0. The highest BCUT2D eigenvalue weighted by atomic mass is 16.5. The van der Waals surface area contributed by atoms with Gasteiger partial charge < -0.3 is 9.84 Å². The summed E-state index contributed by atoms with van der Waals surface area (Å²) >= 11 is 0. The van der Waals surface area contributed by atoms with Gasteiger partial charge in [0.1, 0.15) is 5.69 Å². The molecule has 2 aromatic carbocycles. The molecule has 6 heteroatoms. The van der Waals surface area contributed by atoms with Crippen molar-refractivity contribution in [3.63, 3.8) is 0 Å². The van der Waals surface area contributed by atoms with Crippen molar-refractivity contribution in [1.29, 1.82) is 0 Å². The summed E-state index contributed by atoms with van der Waals surface area (Å²) in [5.41, 5.74) is 5.54. The standard InChI is InChI=1S/C27H20N4O2/c32-26(29-21-12-7-15-28-24(21)18-8-3-1-4-9-18)20-16-22(17-13-14-17)30-27-23(20)25(31-33-27)19-10-5-2-6-11-19/h1-12,15-17H,13-14H2,(H,29,32). The zero-order chi connectivity index (χ0) is 22.2. The van der Waals surface area contributed by atoms with E-state index in [0.717, 1.165) is 29.7 Å². The highest BCUT2D eigenvalue weighted by Gasteiger charge is 2.29. The monoisotopic (exact) mass is 432 g/mol. The van der Waals surface area contributed by atoms with Crippen molar-refractivity contribution in [3.05, 3.63) is 96.3 Å². The Morgan fingerprint density at radius 1 is 0.879 bits per heavy atom. The third-order valence-corrected chi connectivity index (χ3v) is 5.86. The van der Waals surface area contributed by atoms with E-state index in [-0.39, 0.29) is 5.91 Å². The molecule has 1 fully saturated rings. The number of amides is 1. The lowest BCUT2D eigenvalue weighted by Crippen LogP contribution is -2.14. The molecule has 0 saturated heterocycles. The maximum Gasteiger partial charge on any atom is 0.259 e. The molecule has 0 aliphatic heterocycles. The summed E-state index contributed by atoms with van der Waals surface area (Å²) in [5, 5.41) is 7.96. The average Bonchev–Trinajstić information content (AvgIpc) is 3.64. The van der Waals surface area contributed by atoms with Gasteiger partial charge in [0.2, 0.25) is 0 Å². The number of aromatic nitrogens is 3. The van der Waals surface area contributed by atoms with E-state index < -0.39 is 0 Å². The van der Waals surface area contributed by atoms with Gasteiger partial charge in [0.15, 0.2) is 0 Å². The summed E-state index contributed by atoms with van der Waals surface area (Å²) in [4.78, 5) is 22.8. The van der Waals surface area contributed by atoms with Crippen LogP contribution in [-0.2, 0) is 0 Å². The number of benzene rings is 2. The second-order valence-electron chi connectivity index (χ2n) is 8.17. The van der Waals surface area contributed by atoms with Crippen molar-refractivity contribution < 1.29 is 9.32 Å². The van der Waals surface area contributed by atoms with Gasteiger partial charge >= 0.3 is 0 Å². The molecule has 0 spiro atoms. The Bertz CT molecular complexity index is 1460. The van der Waals surface area contributed by atoms with Crippen LogP contribution in [0.5, 0.6) is 0 Å². The highest BCUT2D eigenvalue weighted by molar-refractivity contribution is 6.15. The molecule has 0 unspecified atom stereocenters. The summed E-state index contributed by atoms with van der Waals surface area (Å²) < 4.78 is 5.60. The molecule has 1 aliphatic rings. The molecule has 1 aliphatic carbocycles. The number of pyridine rings is 2. The van der Waals surface area contributed by atoms with E-state index in [1.807, 2.05) is 78.9 Å². The second-order valence-corrected chi connectivity index (χ2v) is 8.17. The third-order valence-electron chi connectivity index (χ3n) is 5.86. The Balaban J connectivity index is 1.46. The van der Waals surface area contributed by atoms with Gasteiger partial charge in [0.25, 0.3) is 11.6 Å². The Hall–Kier alpha value is -4.32. The van der Waals surface area contributed by atoms with Gasteiger partial charge in [-0.15, -0.1) is 0 Å². The van der Waals surface area contributed by atoms with Crippen LogP contribution in [0.4, 0.5) is 5.69 Å². The first-order valence-corrected chi connectivity index (χ1v) is 11.0. The van der Waals surface area contributed by atoms with Crippen molar-refractivity contribution in [3.8, 4) is 22.5 Å². The fraction of sp³-hybridized carbons (Fsp3) is 0.111. The average molecular weight is 432 g/mol. The van der Waals surface area contributed by atoms with Gasteiger partial charge in [-0.1, -0.05) is 65.8 Å². The quantitative estimate of drug-likeness (QED) is 0.364. The Labute approximate surface area is 190 Å². The van der Waals surface area contributed by atoms with Crippen LogP contribution in [0.25, 0.3) is 33.6 Å². The number of nitrogens with one attached hydrogen (secondary N) is 1. The van der Waals surface area contributed by atoms with Crippen LogP contribution >= 0.6 is 0 Å². The minimum absolute atomic E-state index is 0.241. The fourth-order valence-electron chi connectivity index (χ4n) is 4.05. The molecule has 0 radical (unpaired) electrons. The van der Waals surface area contributed by atoms with Crippen molar-refractivity contribution in [2.45, 2.75) is 18.8 Å². The van der Waals surface area contributed by atoms with E-state index >= 15 is 0 Å². The normalized spacial score (nSPS) is 13.2. The molecule has 1 amide bonds.